The van der Waals surface area contributed by atoms with Gasteiger partial charge in [-0.15, -0.1) is 6.58 Å². The molecule has 0 saturated carbocycles. The Hall–Kier alpha value is -1.55. The Balaban J connectivity index is 2.71. The molecule has 1 unspecified atom stereocenters. The number of hydrogen-bond donors (Lipinski definition) is 0. The lowest BCUT2D eigenvalue weighted by molar-refractivity contribution is -0.140. The van der Waals surface area contributed by atoms with Crippen LogP contribution in [0.2, 0.25) is 5.02 Å². The zero-order chi connectivity index (χ0) is 13.5. The minimum Gasteiger partial charge on any atom is -0.469 e. The highest BCUT2D eigenvalue weighted by Gasteiger charge is 2.10. The van der Waals surface area contributed by atoms with E-state index < -0.39 is 0 Å². The van der Waals surface area contributed by atoms with Crippen LogP contribution in [0.3, 0.4) is 0 Å². The van der Waals surface area contributed by atoms with Gasteiger partial charge in [-0.1, -0.05) is 17.7 Å². The molecule has 1 aromatic rings. The van der Waals surface area contributed by atoms with Crippen LogP contribution >= 0.6 is 11.6 Å². The van der Waals surface area contributed by atoms with Gasteiger partial charge in [0.15, 0.2) is 0 Å². The number of esters is 1. The van der Waals surface area contributed by atoms with Gasteiger partial charge in [-0.2, -0.15) is 0 Å². The molecule has 98 valence electrons. The summed E-state index contributed by atoms with van der Waals surface area (Å²) in [6.45, 7) is 3.71. The normalized spacial score (nSPS) is 11.9. The first kappa shape index (κ1) is 14.5. The maximum atomic E-state index is 11.7. The summed E-state index contributed by atoms with van der Waals surface area (Å²) < 4.78 is 6.08. The van der Waals surface area contributed by atoms with E-state index in [1.165, 1.54) is 17.7 Å². The Morgan fingerprint density at radius 2 is 2.33 bits per heavy atom. The van der Waals surface area contributed by atoms with Gasteiger partial charge in [0.1, 0.15) is 0 Å². The molecule has 0 fully saturated rings. The third-order valence-electron chi connectivity index (χ3n) is 2.64. The van der Waals surface area contributed by atoms with Crippen LogP contribution in [0.4, 0.5) is 0 Å². The quantitative estimate of drug-likeness (QED) is 0.589. The lowest BCUT2D eigenvalue weighted by Crippen LogP contribution is -2.22. The fourth-order valence-corrected chi connectivity index (χ4v) is 1.83. The van der Waals surface area contributed by atoms with Crippen LogP contribution in [-0.4, -0.2) is 17.6 Å². The summed E-state index contributed by atoms with van der Waals surface area (Å²) in [6.07, 6.45) is 4.85. The van der Waals surface area contributed by atoms with Crippen LogP contribution in [0, 0.1) is 0 Å². The van der Waals surface area contributed by atoms with Gasteiger partial charge in [-0.3, -0.25) is 9.59 Å². The molecule has 1 atom stereocenters. The lowest BCUT2D eigenvalue weighted by Gasteiger charge is -2.15. The molecule has 0 aromatic carbocycles. The Morgan fingerprint density at radius 1 is 1.61 bits per heavy atom. The number of carbonyl (C=O) groups excluding carboxylic acids is 1. The molecule has 5 heteroatoms. The van der Waals surface area contributed by atoms with Crippen molar-refractivity contribution in [2.24, 2.45) is 0 Å². The van der Waals surface area contributed by atoms with E-state index in [0.717, 1.165) is 0 Å². The van der Waals surface area contributed by atoms with Gasteiger partial charge in [-0.05, 0) is 18.9 Å². The van der Waals surface area contributed by atoms with Gasteiger partial charge in [0, 0.05) is 18.7 Å². The number of carbonyl (C=O) groups is 1. The number of pyridine rings is 1. The Labute approximate surface area is 111 Å². The maximum absolute atomic E-state index is 11.7. The Kier molecular flexibility index (Phi) is 5.65. The number of ether oxygens (including phenoxy) is 1. The van der Waals surface area contributed by atoms with Crippen molar-refractivity contribution < 1.29 is 9.53 Å². The minimum atomic E-state index is -0.253. The number of methoxy groups -OCH3 is 1. The minimum absolute atomic E-state index is 0.137. The molecule has 0 N–H and O–H groups in total. The van der Waals surface area contributed by atoms with Gasteiger partial charge in [0.25, 0.3) is 5.56 Å². The highest BCUT2D eigenvalue weighted by atomic mass is 35.5. The van der Waals surface area contributed by atoms with Crippen LogP contribution < -0.4 is 5.56 Å². The van der Waals surface area contributed by atoms with Crippen molar-refractivity contribution in [1.82, 2.24) is 4.57 Å². The van der Waals surface area contributed by atoms with Crippen LogP contribution in [0.5, 0.6) is 0 Å². The zero-order valence-corrected chi connectivity index (χ0v) is 11.0. The molecule has 18 heavy (non-hydrogen) atoms. The van der Waals surface area contributed by atoms with E-state index in [9.17, 15) is 9.59 Å². The topological polar surface area (TPSA) is 48.3 Å². The molecule has 1 aromatic heterocycles. The average molecular weight is 270 g/mol. The smallest absolute Gasteiger partial charge is 0.305 e. The van der Waals surface area contributed by atoms with E-state index in [1.807, 2.05) is 0 Å². The van der Waals surface area contributed by atoms with Crippen molar-refractivity contribution in [2.45, 2.75) is 25.3 Å². The van der Waals surface area contributed by atoms with E-state index in [2.05, 4.69) is 11.3 Å². The number of halogens is 1. The monoisotopic (exact) mass is 269 g/mol. The third kappa shape index (κ3) is 4.04. The van der Waals surface area contributed by atoms with Gasteiger partial charge >= 0.3 is 5.97 Å². The number of nitrogens with zero attached hydrogens (tertiary/aromatic N) is 1. The summed E-state index contributed by atoms with van der Waals surface area (Å²) in [6, 6.07) is 2.80. The first-order chi connectivity index (χ1) is 8.58. The summed E-state index contributed by atoms with van der Waals surface area (Å²) in [5.41, 5.74) is -0.137. The number of aromatic nitrogens is 1. The molecule has 0 saturated heterocycles. The number of hydrogen-bond acceptors (Lipinski definition) is 3. The summed E-state index contributed by atoms with van der Waals surface area (Å²) in [5, 5.41) is 0.495. The Bertz CT molecular complexity index is 481. The van der Waals surface area contributed by atoms with Gasteiger partial charge in [-0.25, -0.2) is 0 Å². The van der Waals surface area contributed by atoms with Crippen molar-refractivity contribution in [1.29, 1.82) is 0 Å². The molecule has 0 amide bonds. The predicted molar refractivity (Wildman–Crippen MR) is 70.8 cm³/mol. The first-order valence-electron chi connectivity index (χ1n) is 5.65. The molecule has 0 aliphatic carbocycles. The lowest BCUT2D eigenvalue weighted by atomic mass is 10.1. The molecular formula is C13H16ClNO3. The first-order valence-corrected chi connectivity index (χ1v) is 6.03. The molecule has 1 rings (SSSR count). The van der Waals surface area contributed by atoms with Crippen molar-refractivity contribution in [3.05, 3.63) is 46.4 Å². The molecule has 0 spiro atoms. The Morgan fingerprint density at radius 3 is 2.94 bits per heavy atom. The molecule has 0 aliphatic rings. The van der Waals surface area contributed by atoms with Crippen molar-refractivity contribution >= 4 is 17.6 Å². The second kappa shape index (κ2) is 7.01. The standard InChI is InChI=1S/C13H16ClNO3/c1-3-11(5-4-6-13(17)18-2)15-9-10(14)7-8-12(15)16/h3,7-9,11H,1,4-6H2,2H3. The summed E-state index contributed by atoms with van der Waals surface area (Å²) in [5.74, 6) is -0.253. The maximum Gasteiger partial charge on any atom is 0.305 e. The second-order valence-corrected chi connectivity index (χ2v) is 4.30. The second-order valence-electron chi connectivity index (χ2n) is 3.86. The average Bonchev–Trinajstić information content (AvgIpc) is 2.37. The van der Waals surface area contributed by atoms with E-state index in [1.54, 1.807) is 18.3 Å². The van der Waals surface area contributed by atoms with Crippen molar-refractivity contribution in [2.75, 3.05) is 7.11 Å². The summed E-state index contributed by atoms with van der Waals surface area (Å²) in [7, 11) is 1.36. The third-order valence-corrected chi connectivity index (χ3v) is 2.86. The number of rotatable bonds is 6. The van der Waals surface area contributed by atoms with E-state index in [4.69, 9.17) is 11.6 Å². The van der Waals surface area contributed by atoms with Gasteiger partial charge in [0.05, 0.1) is 18.2 Å². The van der Waals surface area contributed by atoms with Crippen molar-refractivity contribution in [3.8, 4) is 0 Å². The molecule has 0 radical (unpaired) electrons. The van der Waals surface area contributed by atoms with E-state index in [-0.39, 0.29) is 17.6 Å². The molecular weight excluding hydrogens is 254 g/mol. The SMILES string of the molecule is C=CC(CCCC(=O)OC)n1cc(Cl)ccc1=O. The van der Waals surface area contributed by atoms with Gasteiger partial charge in [0.2, 0.25) is 0 Å². The predicted octanol–water partition coefficient (Wildman–Crippen LogP) is 2.57. The molecule has 4 nitrogen and oxygen atoms in total. The summed E-state index contributed by atoms with van der Waals surface area (Å²) >= 11 is 5.86. The van der Waals surface area contributed by atoms with Crippen molar-refractivity contribution in [3.63, 3.8) is 0 Å². The van der Waals surface area contributed by atoms with Gasteiger partial charge < -0.3 is 9.30 Å². The van der Waals surface area contributed by atoms with Crippen LogP contribution in [0.1, 0.15) is 25.3 Å². The van der Waals surface area contributed by atoms with Crippen LogP contribution in [0.15, 0.2) is 35.8 Å². The molecule has 1 heterocycles. The highest BCUT2D eigenvalue weighted by Crippen LogP contribution is 2.16. The zero-order valence-electron chi connectivity index (χ0n) is 10.3. The van der Waals surface area contributed by atoms with E-state index >= 15 is 0 Å². The number of allylic oxidation sites excluding steroid dienone is 1. The van der Waals surface area contributed by atoms with E-state index in [0.29, 0.717) is 24.3 Å². The molecule has 0 aliphatic heterocycles. The summed E-state index contributed by atoms with van der Waals surface area (Å²) in [4.78, 5) is 22.7. The fraction of sp³-hybridized carbons (Fsp3) is 0.385. The largest absolute Gasteiger partial charge is 0.469 e. The highest BCUT2D eigenvalue weighted by molar-refractivity contribution is 6.30. The fourth-order valence-electron chi connectivity index (χ4n) is 1.66. The molecule has 0 bridgehead atoms. The van der Waals surface area contributed by atoms with Crippen LogP contribution in [0.25, 0.3) is 0 Å². The van der Waals surface area contributed by atoms with Crippen LogP contribution in [-0.2, 0) is 9.53 Å².